The highest BCUT2D eigenvalue weighted by molar-refractivity contribution is 6.09. The fourth-order valence-electron chi connectivity index (χ4n) is 3.44. The molecule has 2 aliphatic heterocycles. The number of piperidine rings is 1. The molecule has 2 N–H and O–H groups in total. The molecule has 0 bridgehead atoms. The second-order valence-electron chi connectivity index (χ2n) is 7.03. The molecule has 1 aromatic heterocycles. The molecule has 0 aliphatic carbocycles. The highest BCUT2D eigenvalue weighted by Gasteiger charge is 2.34. The van der Waals surface area contributed by atoms with Crippen LogP contribution >= 0.6 is 0 Å². The first kappa shape index (κ1) is 10.4. The first-order chi connectivity index (χ1) is 22.3. The van der Waals surface area contributed by atoms with Crippen LogP contribution in [-0.2, 0) is 11.2 Å². The summed E-state index contributed by atoms with van der Waals surface area (Å²) in [6.07, 6.45) is -12.6. The summed E-state index contributed by atoms with van der Waals surface area (Å²) < 4.78 is 128. The smallest absolute Gasteiger partial charge is 0.277 e. The number of nitrogens with zero attached hydrogens (tertiary/aromatic N) is 4. The molecule has 174 valence electrons. The van der Waals surface area contributed by atoms with Crippen molar-refractivity contribution in [1.29, 1.82) is 0 Å². The number of methoxy groups -OCH3 is 1. The minimum absolute atomic E-state index is 0.00504. The van der Waals surface area contributed by atoms with Crippen LogP contribution < -0.4 is 20.3 Å². The lowest BCUT2D eigenvalue weighted by molar-refractivity contribution is -0.119. The van der Waals surface area contributed by atoms with E-state index in [0.29, 0.717) is 4.90 Å². The molecule has 3 heterocycles. The van der Waals surface area contributed by atoms with Crippen molar-refractivity contribution in [3.05, 3.63) is 65.4 Å². The van der Waals surface area contributed by atoms with Crippen LogP contribution in [0.25, 0.3) is 5.69 Å². The average Bonchev–Trinajstić information content (AvgIpc) is 3.39. The maximum absolute atomic E-state index is 14.1. The number of amides is 3. The summed E-state index contributed by atoms with van der Waals surface area (Å²) in [6.45, 7) is -2.17. The predicted octanol–water partition coefficient (Wildman–Crippen LogP) is 2.70. The first-order valence-corrected chi connectivity index (χ1v) is 9.74. The van der Waals surface area contributed by atoms with E-state index in [4.69, 9.17) is 31.0 Å². The van der Waals surface area contributed by atoms with Crippen molar-refractivity contribution in [2.24, 2.45) is 5.73 Å². The van der Waals surface area contributed by atoms with E-state index >= 15 is 0 Å². The van der Waals surface area contributed by atoms with E-state index in [1.54, 1.807) is 0 Å². The zero-order valence-corrected chi connectivity index (χ0v) is 17.2. The zero-order valence-electron chi connectivity index (χ0n) is 32.2. The van der Waals surface area contributed by atoms with E-state index in [9.17, 15) is 14.4 Å². The van der Waals surface area contributed by atoms with E-state index in [1.165, 1.54) is 24.3 Å². The van der Waals surface area contributed by atoms with Crippen molar-refractivity contribution in [3.8, 4) is 11.4 Å². The van der Waals surface area contributed by atoms with E-state index in [0.717, 1.165) is 4.68 Å². The number of ether oxygens (including phenoxy) is 1. The van der Waals surface area contributed by atoms with Gasteiger partial charge in [-0.1, -0.05) is 0 Å². The van der Waals surface area contributed by atoms with Crippen molar-refractivity contribution in [1.82, 2.24) is 9.78 Å². The second kappa shape index (κ2) is 8.66. The molecule has 9 heteroatoms. The van der Waals surface area contributed by atoms with Crippen LogP contribution in [0.4, 0.5) is 11.4 Å². The summed E-state index contributed by atoms with van der Waals surface area (Å²) in [6, 6.07) is 0.735. The Bertz CT molecular complexity index is 1900. The van der Waals surface area contributed by atoms with Crippen LogP contribution in [0.15, 0.2) is 48.4 Å². The van der Waals surface area contributed by atoms with Crippen molar-refractivity contribution < 1.29 is 39.7 Å². The Kier molecular flexibility index (Phi) is 2.65. The number of nitrogens with two attached hydrogens (primary N) is 1. The van der Waals surface area contributed by atoms with E-state index < -0.39 is 116 Å². The van der Waals surface area contributed by atoms with Crippen LogP contribution in [0.5, 0.6) is 5.75 Å². The quantitative estimate of drug-likeness (QED) is 0.611. The highest BCUT2D eigenvalue weighted by Crippen LogP contribution is 2.31. The van der Waals surface area contributed by atoms with Gasteiger partial charge in [0.15, 0.2) is 5.69 Å². The molecular formula is C25H25N5O4. The minimum atomic E-state index is -3.50. The van der Waals surface area contributed by atoms with Crippen LogP contribution in [0.1, 0.15) is 66.2 Å². The summed E-state index contributed by atoms with van der Waals surface area (Å²) >= 11 is 0. The van der Waals surface area contributed by atoms with Gasteiger partial charge in [-0.2, -0.15) is 5.10 Å². The van der Waals surface area contributed by atoms with Gasteiger partial charge in [0.1, 0.15) is 11.4 Å². The lowest BCUT2D eigenvalue weighted by Gasteiger charge is -2.29. The normalized spacial score (nSPS) is 28.6. The molecule has 2 aliphatic rings. The van der Waals surface area contributed by atoms with Crippen LogP contribution in [0.2, 0.25) is 0 Å². The molecule has 0 saturated carbocycles. The molecule has 2 aromatic carbocycles. The van der Waals surface area contributed by atoms with Gasteiger partial charge in [0, 0.05) is 47.4 Å². The Morgan fingerprint density at radius 2 is 1.74 bits per heavy atom. The van der Waals surface area contributed by atoms with E-state index in [2.05, 4.69) is 5.10 Å². The van der Waals surface area contributed by atoms with Crippen molar-refractivity contribution in [2.45, 2.75) is 25.5 Å². The third kappa shape index (κ3) is 3.68. The third-order valence-corrected chi connectivity index (χ3v) is 5.06. The summed E-state index contributed by atoms with van der Waals surface area (Å²) in [5.41, 5.74) is 1.97. The minimum Gasteiger partial charge on any atom is -0.497 e. The number of hydrogen-bond donors (Lipinski definition) is 1. The SMILES string of the molecule is [2H]c1c([2H])c(N2CC([2H])([2H])C([2H])([2H])C([2H])([2H])C2=O)c([2H])c([2H])c1N1CC([2H])([2H])c2c(C(N)=O)nn(-c3ccc(OC([2H])([2H])[2H])cc3)c2C1=O. The molecule has 1 saturated heterocycles. The number of fused-ring (bicyclic) bond motifs is 1. The fraction of sp³-hybridized carbons (Fsp3) is 0.280. The van der Waals surface area contributed by atoms with Gasteiger partial charge in [-0.05, 0) is 67.6 Å². The molecule has 0 radical (unpaired) electrons. The average molecular weight is 475 g/mol. The topological polar surface area (TPSA) is 111 Å². The highest BCUT2D eigenvalue weighted by atomic mass is 16.5. The fourth-order valence-corrected chi connectivity index (χ4v) is 3.44. The van der Waals surface area contributed by atoms with Gasteiger partial charge >= 0.3 is 0 Å². The largest absolute Gasteiger partial charge is 0.497 e. The maximum Gasteiger partial charge on any atom is 0.277 e. The standard InChI is InChI=1S/C25H25N5O4/c1-34-19-11-9-18(10-12-19)30-23-20(22(27-30)24(26)32)13-15-29(25(23)33)17-7-5-16(6-8-17)28-14-3-2-4-21(28)31/h5-12H,2-4,13-15H2,1H3,(H2,26,32)/i1D3,2D2,3D2,4D2,5D,6D,7D,8D,13D2. The molecule has 1 fully saturated rings. The summed E-state index contributed by atoms with van der Waals surface area (Å²) in [7, 11) is -2.80. The molecule has 9 nitrogen and oxygen atoms in total. The maximum atomic E-state index is 14.1. The Morgan fingerprint density at radius 1 is 1.03 bits per heavy atom. The molecule has 3 amide bonds. The van der Waals surface area contributed by atoms with E-state index in [-0.39, 0.29) is 16.3 Å². The predicted molar refractivity (Wildman–Crippen MR) is 127 cm³/mol. The lowest BCUT2D eigenvalue weighted by atomic mass is 10.0. The van der Waals surface area contributed by atoms with Crippen molar-refractivity contribution in [2.75, 3.05) is 29.9 Å². The monoisotopic (exact) mass is 474 g/mol. The van der Waals surface area contributed by atoms with Gasteiger partial charge in [0.05, 0.1) is 22.3 Å². The third-order valence-electron chi connectivity index (χ3n) is 5.06. The van der Waals surface area contributed by atoms with E-state index in [1.807, 2.05) is 0 Å². The molecule has 5 rings (SSSR count). The number of aromatic nitrogens is 2. The molecule has 0 spiro atoms. The molecule has 34 heavy (non-hydrogen) atoms. The summed E-state index contributed by atoms with van der Waals surface area (Å²) in [4.78, 5) is 40.5. The van der Waals surface area contributed by atoms with Crippen LogP contribution in [-0.4, -0.2) is 47.6 Å². The van der Waals surface area contributed by atoms with Crippen LogP contribution in [0, 0.1) is 0 Å². The Balaban J connectivity index is 1.67. The van der Waals surface area contributed by atoms with Gasteiger partial charge in [0.25, 0.3) is 11.8 Å². The van der Waals surface area contributed by atoms with Gasteiger partial charge in [-0.15, -0.1) is 0 Å². The Morgan fingerprint density at radius 3 is 2.41 bits per heavy atom. The van der Waals surface area contributed by atoms with Crippen molar-refractivity contribution in [3.63, 3.8) is 0 Å². The molecule has 0 atom stereocenters. The number of carbonyl (C=O) groups excluding carboxylic acids is 3. The number of hydrogen-bond acceptors (Lipinski definition) is 5. The Hall–Kier alpha value is -4.14. The van der Waals surface area contributed by atoms with Gasteiger partial charge in [0.2, 0.25) is 5.91 Å². The number of benzene rings is 2. The Labute approximate surface area is 217 Å². The van der Waals surface area contributed by atoms with Crippen LogP contribution in [0.3, 0.4) is 0 Å². The van der Waals surface area contributed by atoms with Crippen molar-refractivity contribution >= 4 is 29.1 Å². The number of carbonyl (C=O) groups is 3. The summed E-state index contributed by atoms with van der Waals surface area (Å²) in [5, 5.41) is 4.03. The van der Waals surface area contributed by atoms with Gasteiger partial charge < -0.3 is 20.3 Å². The van der Waals surface area contributed by atoms with Gasteiger partial charge in [-0.3, -0.25) is 14.4 Å². The second-order valence-corrected chi connectivity index (χ2v) is 7.03. The number of rotatable bonds is 5. The first-order valence-electron chi connectivity index (χ1n) is 17.2. The van der Waals surface area contributed by atoms with Gasteiger partial charge in [-0.25, -0.2) is 4.68 Å². The number of anilines is 2. The zero-order chi connectivity index (χ0) is 37.0. The number of primary amides is 1. The molecule has 3 aromatic rings. The molecule has 0 unspecified atom stereocenters. The molecular weight excluding hydrogens is 434 g/mol. The lowest BCUT2D eigenvalue weighted by Crippen LogP contribution is -2.39. The summed E-state index contributed by atoms with van der Waals surface area (Å²) in [5.74, 6) is -4.17.